The van der Waals surface area contributed by atoms with E-state index in [1.165, 1.54) is 16.2 Å². The number of benzene rings is 2. The molecule has 1 N–H and O–H groups in total. The Labute approximate surface area is 127 Å². The molecule has 0 saturated carbocycles. The molecule has 1 aromatic heterocycles. The van der Waals surface area contributed by atoms with Gasteiger partial charge >= 0.3 is 5.69 Å². The van der Waals surface area contributed by atoms with Crippen molar-refractivity contribution in [2.45, 2.75) is 19.4 Å². The Balaban J connectivity index is 1.79. The van der Waals surface area contributed by atoms with Crippen LogP contribution in [0.4, 0.5) is 4.39 Å². The highest BCUT2D eigenvalue weighted by atomic mass is 19.1. The highest BCUT2D eigenvalue weighted by Gasteiger charge is 2.11. The van der Waals surface area contributed by atoms with Gasteiger partial charge in [-0.2, -0.15) is 5.10 Å². The van der Waals surface area contributed by atoms with Crippen LogP contribution in [-0.2, 0) is 19.4 Å². The lowest BCUT2D eigenvalue weighted by molar-refractivity contribution is 0.590. The summed E-state index contributed by atoms with van der Waals surface area (Å²) in [6, 6.07) is 16.4. The second kappa shape index (κ2) is 6.39. The maximum atomic E-state index is 13.7. The molecule has 0 fully saturated rings. The summed E-state index contributed by atoms with van der Waals surface area (Å²) in [5.74, 6) is 0.321. The third-order valence-corrected chi connectivity index (χ3v) is 3.60. The molecule has 0 bridgehead atoms. The minimum absolute atomic E-state index is 0.187. The number of aromatic amines is 1. The van der Waals surface area contributed by atoms with E-state index in [1.54, 1.807) is 18.2 Å². The summed E-state index contributed by atoms with van der Waals surface area (Å²) in [7, 11) is 0. The largest absolute Gasteiger partial charge is 0.343 e. The lowest BCUT2D eigenvalue weighted by Crippen LogP contribution is -2.20. The summed E-state index contributed by atoms with van der Waals surface area (Å²) < 4.78 is 15.2. The van der Waals surface area contributed by atoms with Gasteiger partial charge in [-0.1, -0.05) is 48.5 Å². The fourth-order valence-electron chi connectivity index (χ4n) is 2.40. The molecule has 0 amide bonds. The molecular formula is C17H16FN3O. The van der Waals surface area contributed by atoms with Gasteiger partial charge in [-0.3, -0.25) is 4.57 Å². The maximum absolute atomic E-state index is 13.7. The van der Waals surface area contributed by atoms with Crippen molar-refractivity contribution in [1.29, 1.82) is 0 Å². The van der Waals surface area contributed by atoms with Crippen LogP contribution in [0.3, 0.4) is 0 Å². The molecule has 0 aliphatic rings. The molecule has 22 heavy (non-hydrogen) atoms. The molecule has 0 aliphatic carbocycles. The average Bonchev–Trinajstić information content (AvgIpc) is 2.89. The molecule has 3 rings (SSSR count). The Kier molecular flexibility index (Phi) is 4.14. The minimum Gasteiger partial charge on any atom is -0.274 e. The predicted molar refractivity (Wildman–Crippen MR) is 82.2 cm³/mol. The van der Waals surface area contributed by atoms with Crippen molar-refractivity contribution in [2.75, 3.05) is 0 Å². The van der Waals surface area contributed by atoms with Crippen LogP contribution in [0.2, 0.25) is 0 Å². The van der Waals surface area contributed by atoms with E-state index in [-0.39, 0.29) is 18.1 Å². The topological polar surface area (TPSA) is 50.7 Å². The zero-order valence-corrected chi connectivity index (χ0v) is 12.0. The van der Waals surface area contributed by atoms with Gasteiger partial charge in [0.1, 0.15) is 11.6 Å². The van der Waals surface area contributed by atoms with Gasteiger partial charge in [-0.05, 0) is 18.1 Å². The number of hydrogen-bond donors (Lipinski definition) is 1. The minimum atomic E-state index is -0.315. The number of aryl methyl sites for hydroxylation is 2. The van der Waals surface area contributed by atoms with Gasteiger partial charge in [0, 0.05) is 12.0 Å². The highest BCUT2D eigenvalue weighted by Crippen LogP contribution is 2.10. The van der Waals surface area contributed by atoms with Gasteiger partial charge in [0.05, 0.1) is 6.54 Å². The van der Waals surface area contributed by atoms with E-state index in [2.05, 4.69) is 10.2 Å². The molecule has 1 heterocycles. The first-order chi connectivity index (χ1) is 10.7. The van der Waals surface area contributed by atoms with E-state index in [4.69, 9.17) is 0 Å². The van der Waals surface area contributed by atoms with E-state index in [0.29, 0.717) is 17.8 Å². The summed E-state index contributed by atoms with van der Waals surface area (Å²) in [6.45, 7) is 0.187. The molecule has 0 saturated heterocycles. The zero-order chi connectivity index (χ0) is 15.4. The van der Waals surface area contributed by atoms with E-state index in [1.807, 2.05) is 30.3 Å². The third-order valence-electron chi connectivity index (χ3n) is 3.60. The van der Waals surface area contributed by atoms with Gasteiger partial charge < -0.3 is 0 Å². The van der Waals surface area contributed by atoms with Gasteiger partial charge in [0.2, 0.25) is 0 Å². The Morgan fingerprint density at radius 2 is 1.73 bits per heavy atom. The summed E-state index contributed by atoms with van der Waals surface area (Å²) in [4.78, 5) is 11.9. The fraction of sp³-hybridized carbons (Fsp3) is 0.176. The average molecular weight is 297 g/mol. The van der Waals surface area contributed by atoms with Crippen LogP contribution in [0, 0.1) is 5.82 Å². The first kappa shape index (κ1) is 14.3. The van der Waals surface area contributed by atoms with E-state index in [0.717, 1.165) is 6.42 Å². The lowest BCUT2D eigenvalue weighted by atomic mass is 10.1. The maximum Gasteiger partial charge on any atom is 0.343 e. The number of nitrogens with zero attached hydrogens (tertiary/aromatic N) is 2. The van der Waals surface area contributed by atoms with Crippen LogP contribution >= 0.6 is 0 Å². The van der Waals surface area contributed by atoms with Crippen molar-refractivity contribution in [3.05, 3.63) is 87.9 Å². The highest BCUT2D eigenvalue weighted by molar-refractivity contribution is 5.19. The van der Waals surface area contributed by atoms with E-state index < -0.39 is 0 Å². The summed E-state index contributed by atoms with van der Waals surface area (Å²) >= 11 is 0. The smallest absolute Gasteiger partial charge is 0.274 e. The number of rotatable bonds is 5. The molecule has 4 nitrogen and oxygen atoms in total. The molecule has 3 aromatic rings. The van der Waals surface area contributed by atoms with Crippen molar-refractivity contribution in [2.24, 2.45) is 0 Å². The normalized spacial score (nSPS) is 10.8. The number of hydrogen-bond acceptors (Lipinski definition) is 2. The van der Waals surface area contributed by atoms with Gasteiger partial charge in [-0.25, -0.2) is 14.3 Å². The number of aromatic nitrogens is 3. The van der Waals surface area contributed by atoms with Crippen molar-refractivity contribution in [1.82, 2.24) is 14.8 Å². The van der Waals surface area contributed by atoms with Crippen molar-refractivity contribution < 1.29 is 4.39 Å². The van der Waals surface area contributed by atoms with E-state index in [9.17, 15) is 9.18 Å². The molecule has 0 atom stereocenters. The van der Waals surface area contributed by atoms with Crippen LogP contribution in [0.25, 0.3) is 0 Å². The molecule has 0 spiro atoms. The van der Waals surface area contributed by atoms with Crippen molar-refractivity contribution >= 4 is 0 Å². The number of nitrogens with one attached hydrogen (secondary N) is 1. The molecule has 0 radical (unpaired) electrons. The molecule has 0 unspecified atom stereocenters. The first-order valence-corrected chi connectivity index (χ1v) is 7.15. The van der Waals surface area contributed by atoms with Crippen LogP contribution in [0.1, 0.15) is 17.0 Å². The molecular weight excluding hydrogens is 281 g/mol. The van der Waals surface area contributed by atoms with Crippen LogP contribution in [-0.4, -0.2) is 14.8 Å². The zero-order valence-electron chi connectivity index (χ0n) is 12.0. The Bertz CT molecular complexity index is 808. The molecule has 112 valence electrons. The van der Waals surface area contributed by atoms with Crippen LogP contribution < -0.4 is 5.69 Å². The summed E-state index contributed by atoms with van der Waals surface area (Å²) in [5, 5.41) is 6.51. The summed E-state index contributed by atoms with van der Waals surface area (Å²) in [6.07, 6.45) is 1.40. The monoisotopic (exact) mass is 297 g/mol. The standard InChI is InChI=1S/C17H16FN3O/c18-15-9-5-4-8-14(15)12-21-16(19-20-17(21)22)11-10-13-6-2-1-3-7-13/h1-9H,10-12H2,(H,20,22). The molecule has 2 aromatic carbocycles. The van der Waals surface area contributed by atoms with Gasteiger partial charge in [0.15, 0.2) is 0 Å². The Morgan fingerprint density at radius 1 is 1.00 bits per heavy atom. The van der Waals surface area contributed by atoms with Gasteiger partial charge in [0.25, 0.3) is 0 Å². The Hall–Kier alpha value is -2.69. The van der Waals surface area contributed by atoms with E-state index >= 15 is 0 Å². The third kappa shape index (κ3) is 3.14. The SMILES string of the molecule is O=c1[nH]nc(CCc2ccccc2)n1Cc1ccccc1F. The quantitative estimate of drug-likeness (QED) is 0.787. The van der Waals surface area contributed by atoms with Gasteiger partial charge in [-0.15, -0.1) is 0 Å². The predicted octanol–water partition coefficient (Wildman–Crippen LogP) is 2.54. The number of halogens is 1. The number of H-pyrrole nitrogens is 1. The second-order valence-electron chi connectivity index (χ2n) is 5.11. The second-order valence-corrected chi connectivity index (χ2v) is 5.11. The Morgan fingerprint density at radius 3 is 2.50 bits per heavy atom. The lowest BCUT2D eigenvalue weighted by Gasteiger charge is -2.07. The van der Waals surface area contributed by atoms with Crippen molar-refractivity contribution in [3.63, 3.8) is 0 Å². The van der Waals surface area contributed by atoms with Crippen LogP contribution in [0.5, 0.6) is 0 Å². The fourth-order valence-corrected chi connectivity index (χ4v) is 2.40. The summed E-state index contributed by atoms with van der Waals surface area (Å²) in [5.41, 5.74) is 1.34. The molecule has 5 heteroatoms. The first-order valence-electron chi connectivity index (χ1n) is 7.15. The molecule has 0 aliphatic heterocycles. The van der Waals surface area contributed by atoms with Crippen molar-refractivity contribution in [3.8, 4) is 0 Å². The van der Waals surface area contributed by atoms with Crippen LogP contribution in [0.15, 0.2) is 59.4 Å².